The number of benzene rings is 1. The number of rotatable bonds is 7. The molecule has 0 radical (unpaired) electrons. The molecule has 1 heterocycles. The number of phenols is 1. The molecule has 1 aromatic carbocycles. The summed E-state index contributed by atoms with van der Waals surface area (Å²) in [4.78, 5) is 4.52. The van der Waals surface area contributed by atoms with E-state index in [0.717, 1.165) is 23.6 Å². The summed E-state index contributed by atoms with van der Waals surface area (Å²) in [6.45, 7) is 7.82. The minimum Gasteiger partial charge on any atom is -0.504 e. The van der Waals surface area contributed by atoms with Crippen LogP contribution >= 0.6 is 0 Å². The van der Waals surface area contributed by atoms with Crippen LogP contribution in [0.4, 0.5) is 0 Å². The van der Waals surface area contributed by atoms with Crippen molar-refractivity contribution in [1.29, 1.82) is 0 Å². The van der Waals surface area contributed by atoms with E-state index in [1.54, 1.807) is 12.1 Å². The van der Waals surface area contributed by atoms with Crippen molar-refractivity contribution in [2.75, 3.05) is 13.7 Å². The lowest BCUT2D eigenvalue weighted by Crippen LogP contribution is -2.36. The van der Waals surface area contributed by atoms with Crippen LogP contribution in [0.25, 0.3) is 0 Å². The fourth-order valence-electron chi connectivity index (χ4n) is 2.20. The van der Waals surface area contributed by atoms with E-state index in [4.69, 9.17) is 9.26 Å². The number of hydrogen-bond donors (Lipinski definition) is 3. The largest absolute Gasteiger partial charge is 0.504 e. The van der Waals surface area contributed by atoms with E-state index < -0.39 is 0 Å². The maximum atomic E-state index is 9.84. The van der Waals surface area contributed by atoms with Gasteiger partial charge in [-0.1, -0.05) is 25.1 Å². The highest BCUT2D eigenvalue weighted by Crippen LogP contribution is 2.26. The molecule has 0 spiro atoms. The van der Waals surface area contributed by atoms with Crippen molar-refractivity contribution in [3.05, 3.63) is 41.3 Å². The molecule has 136 valence electrons. The van der Waals surface area contributed by atoms with Crippen molar-refractivity contribution in [1.82, 2.24) is 15.8 Å². The number of aromatic nitrogens is 1. The predicted octanol–water partition coefficient (Wildman–Crippen LogP) is 2.77. The molecule has 3 N–H and O–H groups in total. The second-order valence-electron chi connectivity index (χ2n) is 5.93. The maximum Gasteiger partial charge on any atom is 0.191 e. The van der Waals surface area contributed by atoms with Crippen molar-refractivity contribution >= 4 is 5.96 Å². The number of aromatic hydroxyl groups is 1. The van der Waals surface area contributed by atoms with Gasteiger partial charge < -0.3 is 25.0 Å². The zero-order valence-electron chi connectivity index (χ0n) is 15.2. The minimum atomic E-state index is 0.107. The number of methoxy groups -OCH3 is 1. The molecule has 0 amide bonds. The van der Waals surface area contributed by atoms with Gasteiger partial charge >= 0.3 is 0 Å². The Morgan fingerprint density at radius 1 is 1.32 bits per heavy atom. The number of aliphatic imine (C=N–C) groups is 1. The highest BCUT2D eigenvalue weighted by atomic mass is 16.5. The lowest BCUT2D eigenvalue weighted by atomic mass is 10.1. The van der Waals surface area contributed by atoms with Gasteiger partial charge in [0, 0.05) is 12.6 Å². The van der Waals surface area contributed by atoms with Gasteiger partial charge in [0.05, 0.1) is 25.9 Å². The van der Waals surface area contributed by atoms with Gasteiger partial charge in [0.25, 0.3) is 0 Å². The first kappa shape index (κ1) is 18.6. The van der Waals surface area contributed by atoms with Gasteiger partial charge in [-0.3, -0.25) is 0 Å². The first-order valence-electron chi connectivity index (χ1n) is 8.37. The second kappa shape index (κ2) is 8.96. The molecule has 25 heavy (non-hydrogen) atoms. The van der Waals surface area contributed by atoms with Gasteiger partial charge in [0.2, 0.25) is 0 Å². The van der Waals surface area contributed by atoms with Crippen LogP contribution in [0.5, 0.6) is 11.5 Å². The van der Waals surface area contributed by atoms with Gasteiger partial charge in [-0.25, -0.2) is 4.99 Å². The molecule has 0 aliphatic heterocycles. The highest BCUT2D eigenvalue weighted by Gasteiger charge is 2.08. The number of hydrogen-bond acceptors (Lipinski definition) is 5. The molecular weight excluding hydrogens is 320 g/mol. The summed E-state index contributed by atoms with van der Waals surface area (Å²) >= 11 is 0. The molecular formula is C18H26N4O3. The Labute approximate surface area is 148 Å². The van der Waals surface area contributed by atoms with Crippen molar-refractivity contribution in [3.63, 3.8) is 0 Å². The SMILES string of the molecule is CCNC(=NCc1ccc(OC)c(O)c1)NCc1cc(C(C)C)no1. The van der Waals surface area contributed by atoms with Crippen molar-refractivity contribution < 1.29 is 14.4 Å². The van der Waals surface area contributed by atoms with E-state index in [-0.39, 0.29) is 5.75 Å². The van der Waals surface area contributed by atoms with E-state index >= 15 is 0 Å². The number of nitrogens with zero attached hydrogens (tertiary/aromatic N) is 2. The van der Waals surface area contributed by atoms with Gasteiger partial charge in [-0.2, -0.15) is 0 Å². The molecule has 7 heteroatoms. The Kier molecular flexibility index (Phi) is 6.68. The van der Waals surface area contributed by atoms with Crippen LogP contribution in [0.3, 0.4) is 0 Å². The molecule has 0 aliphatic rings. The maximum absolute atomic E-state index is 9.84. The van der Waals surface area contributed by atoms with Crippen LogP contribution in [0.1, 0.15) is 43.7 Å². The van der Waals surface area contributed by atoms with Crippen molar-refractivity contribution in [2.24, 2.45) is 4.99 Å². The average Bonchev–Trinajstić information content (AvgIpc) is 3.07. The Morgan fingerprint density at radius 2 is 2.12 bits per heavy atom. The number of nitrogens with one attached hydrogen (secondary N) is 2. The molecule has 0 saturated carbocycles. The normalized spacial score (nSPS) is 11.6. The topological polar surface area (TPSA) is 91.9 Å². The van der Waals surface area contributed by atoms with E-state index in [2.05, 4.69) is 34.6 Å². The molecule has 7 nitrogen and oxygen atoms in total. The zero-order valence-corrected chi connectivity index (χ0v) is 15.2. The molecule has 0 saturated heterocycles. The van der Waals surface area contributed by atoms with Gasteiger partial charge in [0.1, 0.15) is 0 Å². The quantitative estimate of drug-likeness (QED) is 0.527. The summed E-state index contributed by atoms with van der Waals surface area (Å²) in [5, 5.41) is 20.3. The third kappa shape index (κ3) is 5.41. The number of phenolic OH excluding ortho intramolecular Hbond substituents is 1. The van der Waals surface area contributed by atoms with Gasteiger partial charge in [-0.05, 0) is 30.5 Å². The number of ether oxygens (including phenoxy) is 1. The molecule has 2 rings (SSSR count). The summed E-state index contributed by atoms with van der Waals surface area (Å²) in [5.41, 5.74) is 1.82. The molecule has 1 aromatic heterocycles. The third-order valence-electron chi connectivity index (χ3n) is 3.61. The van der Waals surface area contributed by atoms with Gasteiger partial charge in [-0.15, -0.1) is 0 Å². The Morgan fingerprint density at radius 3 is 2.72 bits per heavy atom. The summed E-state index contributed by atoms with van der Waals surface area (Å²) in [6.07, 6.45) is 0. The monoisotopic (exact) mass is 346 g/mol. The third-order valence-corrected chi connectivity index (χ3v) is 3.61. The zero-order chi connectivity index (χ0) is 18.2. The predicted molar refractivity (Wildman–Crippen MR) is 96.9 cm³/mol. The first-order valence-corrected chi connectivity index (χ1v) is 8.37. The van der Waals surface area contributed by atoms with Crippen LogP contribution in [0, 0.1) is 0 Å². The van der Waals surface area contributed by atoms with E-state index in [9.17, 15) is 5.11 Å². The lowest BCUT2D eigenvalue weighted by molar-refractivity contribution is 0.372. The average molecular weight is 346 g/mol. The Hall–Kier alpha value is -2.70. The molecule has 2 aromatic rings. The summed E-state index contributed by atoms with van der Waals surface area (Å²) in [7, 11) is 1.52. The Balaban J connectivity index is 1.98. The van der Waals surface area contributed by atoms with Crippen LogP contribution in [-0.4, -0.2) is 29.9 Å². The second-order valence-corrected chi connectivity index (χ2v) is 5.93. The van der Waals surface area contributed by atoms with Crippen LogP contribution < -0.4 is 15.4 Å². The first-order chi connectivity index (χ1) is 12.0. The molecule has 0 fully saturated rings. The summed E-state index contributed by atoms with van der Waals surface area (Å²) in [5.74, 6) is 2.32. The van der Waals surface area contributed by atoms with Crippen molar-refractivity contribution in [3.8, 4) is 11.5 Å². The van der Waals surface area contributed by atoms with Crippen LogP contribution in [-0.2, 0) is 13.1 Å². The molecule has 0 unspecified atom stereocenters. The molecule has 0 atom stereocenters. The van der Waals surface area contributed by atoms with Crippen LogP contribution in [0.2, 0.25) is 0 Å². The fourth-order valence-corrected chi connectivity index (χ4v) is 2.20. The molecule has 0 bridgehead atoms. The van der Waals surface area contributed by atoms with E-state index in [1.165, 1.54) is 7.11 Å². The molecule has 0 aliphatic carbocycles. The highest BCUT2D eigenvalue weighted by molar-refractivity contribution is 5.79. The minimum absolute atomic E-state index is 0.107. The smallest absolute Gasteiger partial charge is 0.191 e. The summed E-state index contributed by atoms with van der Waals surface area (Å²) < 4.78 is 10.4. The number of guanidine groups is 1. The summed E-state index contributed by atoms with van der Waals surface area (Å²) in [6, 6.07) is 7.19. The van der Waals surface area contributed by atoms with Crippen LogP contribution in [0.15, 0.2) is 33.8 Å². The fraction of sp³-hybridized carbons (Fsp3) is 0.444. The van der Waals surface area contributed by atoms with Gasteiger partial charge in [0.15, 0.2) is 23.2 Å². The lowest BCUT2D eigenvalue weighted by Gasteiger charge is -2.10. The van der Waals surface area contributed by atoms with E-state index in [1.807, 2.05) is 19.1 Å². The standard InChI is InChI=1S/C18H26N4O3/c1-5-19-18(21-11-14-9-15(12(2)3)22-25-14)20-10-13-6-7-17(24-4)16(23)8-13/h6-9,12,23H,5,10-11H2,1-4H3,(H2,19,20,21). The Bertz CT molecular complexity index is 710. The van der Waals surface area contributed by atoms with Crippen molar-refractivity contribution in [2.45, 2.75) is 39.8 Å². The van der Waals surface area contributed by atoms with E-state index in [0.29, 0.717) is 30.7 Å².